The quantitative estimate of drug-likeness (QED) is 0.379. The fraction of sp³-hybridized carbons (Fsp3) is 0.517. The van der Waals surface area contributed by atoms with E-state index in [4.69, 9.17) is 4.98 Å². The summed E-state index contributed by atoms with van der Waals surface area (Å²) in [5.74, 6) is 0.663. The Balaban J connectivity index is 1.39. The van der Waals surface area contributed by atoms with Gasteiger partial charge in [-0.05, 0) is 64.5 Å². The third kappa shape index (κ3) is 5.19. The molecule has 0 amide bonds. The molecule has 12 heteroatoms. The van der Waals surface area contributed by atoms with Gasteiger partial charge in [0.2, 0.25) is 5.95 Å². The number of piperidine rings is 1. The Bertz CT molecular complexity index is 1530. The molecular formula is C29H36F3N9. The monoisotopic (exact) mass is 567 g/mol. The predicted molar refractivity (Wildman–Crippen MR) is 154 cm³/mol. The highest BCUT2D eigenvalue weighted by atomic mass is 19.4. The first-order valence-corrected chi connectivity index (χ1v) is 14.3. The number of fused-ring (bicyclic) bond motifs is 3. The third-order valence-electron chi connectivity index (χ3n) is 8.63. The van der Waals surface area contributed by atoms with Gasteiger partial charge in [-0.2, -0.15) is 13.2 Å². The van der Waals surface area contributed by atoms with Crippen LogP contribution in [0.1, 0.15) is 39.2 Å². The molecule has 0 spiro atoms. The van der Waals surface area contributed by atoms with E-state index in [9.17, 15) is 13.2 Å². The van der Waals surface area contributed by atoms with Gasteiger partial charge in [-0.15, -0.1) is 10.2 Å². The fourth-order valence-corrected chi connectivity index (χ4v) is 6.15. The predicted octanol–water partition coefficient (Wildman–Crippen LogP) is 4.47. The molecule has 2 atom stereocenters. The Morgan fingerprint density at radius 1 is 0.976 bits per heavy atom. The molecule has 1 N–H and O–H groups in total. The summed E-state index contributed by atoms with van der Waals surface area (Å²) in [7, 11) is 2.12. The third-order valence-corrected chi connectivity index (χ3v) is 8.63. The number of nitrogens with zero attached hydrogens (tertiary/aromatic N) is 8. The van der Waals surface area contributed by atoms with Crippen LogP contribution in [0, 0.1) is 0 Å². The normalized spacial score (nSPS) is 21.3. The number of anilines is 2. The van der Waals surface area contributed by atoms with Gasteiger partial charge < -0.3 is 15.1 Å². The maximum Gasteiger partial charge on any atom is 0.418 e. The molecule has 0 bridgehead atoms. The second kappa shape index (κ2) is 10.7. The van der Waals surface area contributed by atoms with Crippen LogP contribution in [0.5, 0.6) is 0 Å². The molecular weight excluding hydrogens is 531 g/mol. The van der Waals surface area contributed by atoms with Gasteiger partial charge in [0, 0.05) is 55.6 Å². The highest BCUT2D eigenvalue weighted by molar-refractivity contribution is 5.79. The Labute approximate surface area is 237 Å². The number of aromatic nitrogens is 5. The first-order chi connectivity index (χ1) is 19.6. The molecule has 2 fully saturated rings. The van der Waals surface area contributed by atoms with Crippen molar-refractivity contribution in [1.82, 2.24) is 34.8 Å². The Kier molecular flexibility index (Phi) is 7.23. The number of benzene rings is 1. The van der Waals surface area contributed by atoms with Crippen molar-refractivity contribution in [3.05, 3.63) is 42.1 Å². The molecule has 0 unspecified atom stereocenters. The molecule has 2 aliphatic rings. The number of rotatable bonds is 5. The molecule has 0 saturated carbocycles. The van der Waals surface area contributed by atoms with Crippen LogP contribution in [0.2, 0.25) is 0 Å². The molecule has 0 aliphatic carbocycles. The molecule has 0 radical (unpaired) electrons. The standard InChI is InChI=1S/C29H36F3N9/c1-5-33-21-10-12-39(13-11-21)25-9-6-20(14-22(25)29(30,31)32)23-7-8-24-27(35-23)41-26(15-34-24)36-37-28(41)40-16-18(2)38(4)19(3)17-40/h6-9,14-15,18-19,21,33H,5,10-13,16-17H2,1-4H3/t18-,19+. The van der Waals surface area contributed by atoms with E-state index in [1.165, 1.54) is 6.07 Å². The SMILES string of the molecule is CCNC1CCN(c2ccc(-c3ccc4ncc5nnc(N6C[C@@H](C)N(C)[C@@H](C)C6)n5c4n3)cc2C(F)(F)F)CC1. The first-order valence-electron chi connectivity index (χ1n) is 14.3. The lowest BCUT2D eigenvalue weighted by Crippen LogP contribution is -2.55. The smallest absolute Gasteiger partial charge is 0.371 e. The van der Waals surface area contributed by atoms with E-state index in [1.807, 2.05) is 16.2 Å². The van der Waals surface area contributed by atoms with E-state index in [-0.39, 0.29) is 5.69 Å². The van der Waals surface area contributed by atoms with Gasteiger partial charge in [0.15, 0.2) is 11.3 Å². The summed E-state index contributed by atoms with van der Waals surface area (Å²) in [4.78, 5) is 15.7. The minimum Gasteiger partial charge on any atom is -0.371 e. The number of likely N-dealkylation sites (N-methyl/N-ethyl adjacent to an activating group) is 1. The Hall–Kier alpha value is -3.51. The van der Waals surface area contributed by atoms with Gasteiger partial charge in [0.1, 0.15) is 5.52 Å². The van der Waals surface area contributed by atoms with Gasteiger partial charge in [-0.25, -0.2) is 14.4 Å². The Morgan fingerprint density at radius 3 is 2.39 bits per heavy atom. The zero-order valence-corrected chi connectivity index (χ0v) is 23.9. The number of hydrogen-bond donors (Lipinski definition) is 1. The van der Waals surface area contributed by atoms with Crippen LogP contribution >= 0.6 is 0 Å². The number of halogens is 3. The zero-order valence-electron chi connectivity index (χ0n) is 23.9. The van der Waals surface area contributed by atoms with Crippen molar-refractivity contribution in [2.75, 3.05) is 49.6 Å². The number of nitrogens with one attached hydrogen (secondary N) is 1. The van der Waals surface area contributed by atoms with Crippen LogP contribution in [0.25, 0.3) is 28.1 Å². The number of pyridine rings is 1. The summed E-state index contributed by atoms with van der Waals surface area (Å²) in [5.41, 5.74) is 2.11. The van der Waals surface area contributed by atoms with Crippen molar-refractivity contribution in [2.45, 2.75) is 57.9 Å². The molecule has 41 heavy (non-hydrogen) atoms. The molecule has 1 aromatic carbocycles. The average molecular weight is 568 g/mol. The van der Waals surface area contributed by atoms with Crippen molar-refractivity contribution in [1.29, 1.82) is 0 Å². The minimum atomic E-state index is -4.49. The second-order valence-corrected chi connectivity index (χ2v) is 11.3. The number of hydrogen-bond acceptors (Lipinski definition) is 8. The fourth-order valence-electron chi connectivity index (χ4n) is 6.15. The van der Waals surface area contributed by atoms with E-state index in [0.29, 0.717) is 65.2 Å². The van der Waals surface area contributed by atoms with E-state index >= 15 is 0 Å². The second-order valence-electron chi connectivity index (χ2n) is 11.3. The van der Waals surface area contributed by atoms with Crippen molar-refractivity contribution in [3.8, 4) is 11.3 Å². The maximum atomic E-state index is 14.4. The number of alkyl halides is 3. The minimum absolute atomic E-state index is 0.223. The van der Waals surface area contributed by atoms with Gasteiger partial charge in [-0.1, -0.05) is 13.0 Å². The van der Waals surface area contributed by atoms with Gasteiger partial charge >= 0.3 is 6.18 Å². The molecule has 6 rings (SSSR count). The van der Waals surface area contributed by atoms with Crippen LogP contribution in [0.4, 0.5) is 24.8 Å². The first kappa shape index (κ1) is 27.6. The highest BCUT2D eigenvalue weighted by Crippen LogP contribution is 2.40. The molecule has 2 aliphatic heterocycles. The lowest BCUT2D eigenvalue weighted by atomic mass is 10.0. The zero-order chi connectivity index (χ0) is 28.9. The Morgan fingerprint density at radius 2 is 1.71 bits per heavy atom. The molecule has 218 valence electrons. The molecule has 4 aromatic rings. The van der Waals surface area contributed by atoms with E-state index in [1.54, 1.807) is 30.5 Å². The summed E-state index contributed by atoms with van der Waals surface area (Å²) in [6.45, 7) is 9.96. The topological polar surface area (TPSA) is 77.7 Å². The van der Waals surface area contributed by atoms with Crippen molar-refractivity contribution in [3.63, 3.8) is 0 Å². The summed E-state index contributed by atoms with van der Waals surface area (Å²) >= 11 is 0. The van der Waals surface area contributed by atoms with E-state index in [0.717, 1.165) is 32.5 Å². The molecule has 3 aromatic heterocycles. The van der Waals surface area contributed by atoms with Gasteiger partial charge in [-0.3, -0.25) is 4.90 Å². The van der Waals surface area contributed by atoms with Crippen LogP contribution < -0.4 is 15.1 Å². The largest absolute Gasteiger partial charge is 0.418 e. The van der Waals surface area contributed by atoms with Crippen molar-refractivity contribution in [2.24, 2.45) is 0 Å². The lowest BCUT2D eigenvalue weighted by Gasteiger charge is -2.42. The average Bonchev–Trinajstić information content (AvgIpc) is 3.40. The summed E-state index contributed by atoms with van der Waals surface area (Å²) < 4.78 is 45.0. The van der Waals surface area contributed by atoms with Crippen molar-refractivity contribution < 1.29 is 13.2 Å². The van der Waals surface area contributed by atoms with Crippen LogP contribution in [-0.2, 0) is 6.18 Å². The molecule has 5 heterocycles. The maximum absolute atomic E-state index is 14.4. The molecule has 9 nitrogen and oxygen atoms in total. The van der Waals surface area contributed by atoms with E-state index in [2.05, 4.69) is 51.2 Å². The van der Waals surface area contributed by atoms with Gasteiger partial charge in [0.05, 0.1) is 17.5 Å². The van der Waals surface area contributed by atoms with Crippen LogP contribution in [0.3, 0.4) is 0 Å². The van der Waals surface area contributed by atoms with Crippen molar-refractivity contribution >= 4 is 28.4 Å². The summed E-state index contributed by atoms with van der Waals surface area (Å²) in [5, 5.41) is 12.2. The van der Waals surface area contributed by atoms with E-state index < -0.39 is 11.7 Å². The molecule has 2 saturated heterocycles. The van der Waals surface area contributed by atoms with Crippen LogP contribution in [-0.4, -0.2) is 87.4 Å². The number of piperazine rings is 1. The van der Waals surface area contributed by atoms with Crippen LogP contribution in [0.15, 0.2) is 36.5 Å². The lowest BCUT2D eigenvalue weighted by molar-refractivity contribution is -0.137. The summed E-state index contributed by atoms with van der Waals surface area (Å²) in [6.07, 6.45) is -1.22. The van der Waals surface area contributed by atoms with Gasteiger partial charge in [0.25, 0.3) is 0 Å². The summed E-state index contributed by atoms with van der Waals surface area (Å²) in [6, 6.07) is 9.05. The highest BCUT2D eigenvalue weighted by Gasteiger charge is 2.36.